The lowest BCUT2D eigenvalue weighted by atomic mass is 11.3. The van der Waals surface area contributed by atoms with Crippen LogP contribution in [0.3, 0.4) is 0 Å². The fraction of sp³-hybridized carbons (Fsp3) is 0.333. The summed E-state index contributed by atoms with van der Waals surface area (Å²) in [5, 5.41) is 0. The molecule has 0 aliphatic carbocycles. The zero-order chi connectivity index (χ0) is 3.41. The van der Waals surface area contributed by atoms with E-state index in [1.165, 1.54) is 7.11 Å². The van der Waals surface area contributed by atoms with E-state index < -0.39 is 0 Å². The Hall–Kier alpha value is -0.640. The van der Waals surface area contributed by atoms with Crippen LogP contribution in [0, 0.1) is 12.5 Å². The first-order valence-corrected chi connectivity index (χ1v) is 0.901. The van der Waals surface area contributed by atoms with Crippen molar-refractivity contribution in [2.45, 2.75) is 0 Å². The van der Waals surface area contributed by atoms with Crippen LogP contribution in [0.1, 0.15) is 0 Å². The predicted octanol–water partition coefficient (Wildman–Crippen LogP) is 0.224. The number of hydrogen-bond acceptors (Lipinski definition) is 1. The van der Waals surface area contributed by atoms with Gasteiger partial charge in [0, 0.05) is 0 Å². The predicted molar refractivity (Wildman–Crippen MR) is 15.8 cm³/mol. The molecule has 0 spiro atoms. The highest BCUT2D eigenvalue weighted by Gasteiger charge is 1.34. The van der Waals surface area contributed by atoms with Gasteiger partial charge in [0.15, 0.2) is 0 Å². The molecule has 0 radical (unpaired) electrons. The van der Waals surface area contributed by atoms with Gasteiger partial charge in [-0.2, -0.15) is 0 Å². The summed E-state index contributed by atoms with van der Waals surface area (Å²) in [4.78, 5) is 0. The Labute approximate surface area is 25.6 Å². The highest BCUT2D eigenvalue weighted by atomic mass is 16.5. The molecular weight excluding hydrogens is 52.0 g/mol. The molecule has 0 amide bonds. The summed E-state index contributed by atoms with van der Waals surface area (Å²) < 4.78 is 4.07. The number of methoxy groups -OCH3 is 1. The van der Waals surface area contributed by atoms with Crippen molar-refractivity contribution >= 4 is 0 Å². The summed E-state index contributed by atoms with van der Waals surface area (Å²) in [6.07, 6.45) is 6.49. The average Bonchev–Trinajstić information content (AvgIpc) is 1.37. The molecule has 0 atom stereocenters. The molecule has 1 nitrogen and oxygen atoms in total. The molecule has 0 saturated carbocycles. The fourth-order valence-electron chi connectivity index (χ4n) is 0. The van der Waals surface area contributed by atoms with Crippen LogP contribution >= 0.6 is 0 Å². The first kappa shape index (κ1) is 3.36. The summed E-state index contributed by atoms with van der Waals surface area (Å²) in [5.41, 5.74) is 0. The quantitative estimate of drug-likeness (QED) is 0.361. The molecule has 0 unspecified atom stereocenters. The van der Waals surface area contributed by atoms with Crippen molar-refractivity contribution in [3.8, 4) is 12.5 Å². The van der Waals surface area contributed by atoms with Crippen molar-refractivity contribution in [3.63, 3.8) is 0 Å². The summed E-state index contributed by atoms with van der Waals surface area (Å²) in [7, 11) is 1.44. The largest absolute Gasteiger partial charge is 0.450 e. The van der Waals surface area contributed by atoms with Crippen molar-refractivity contribution in [3.05, 3.63) is 0 Å². The Bertz CT molecular complexity index is 33.0. The topological polar surface area (TPSA) is 9.23 Å². The summed E-state index contributed by atoms with van der Waals surface area (Å²) in [6, 6.07) is 0. The monoisotopic (exact) mass is 56.0 g/mol. The minimum atomic E-state index is 1.44. The molecule has 0 aromatic carbocycles. The highest BCUT2D eigenvalue weighted by molar-refractivity contribution is 4.65. The molecule has 0 aromatic rings. The molecule has 0 N–H and O–H groups in total. The minimum absolute atomic E-state index is 1.44. The smallest absolute Gasteiger partial charge is 0.106 e. The van der Waals surface area contributed by atoms with E-state index in [1.54, 1.807) is 0 Å². The zero-order valence-electron chi connectivity index (χ0n) is 2.49. The SMILES string of the molecule is C#COC. The van der Waals surface area contributed by atoms with Crippen LogP contribution in [-0.4, -0.2) is 7.11 Å². The molecule has 22 valence electrons. The number of ether oxygens (including phenoxy) is 1. The molecule has 0 bridgehead atoms. The van der Waals surface area contributed by atoms with E-state index in [2.05, 4.69) is 11.2 Å². The van der Waals surface area contributed by atoms with Crippen molar-refractivity contribution in [2.75, 3.05) is 7.11 Å². The third-order valence-electron chi connectivity index (χ3n) is 0.118. The third kappa shape index (κ3) is 1.36. The molecule has 0 aliphatic heterocycles. The second-order valence-corrected chi connectivity index (χ2v) is 0.322. The Morgan fingerprint density at radius 2 is 2.25 bits per heavy atom. The minimum Gasteiger partial charge on any atom is -0.450 e. The number of rotatable bonds is 0. The number of terminal acetylenes is 1. The van der Waals surface area contributed by atoms with Crippen LogP contribution in [0.25, 0.3) is 0 Å². The third-order valence-corrected chi connectivity index (χ3v) is 0.118. The molecule has 0 heterocycles. The fourth-order valence-corrected chi connectivity index (χ4v) is 0. The normalized spacial score (nSPS) is 4.00. The van der Waals surface area contributed by atoms with E-state index in [0.29, 0.717) is 0 Å². The van der Waals surface area contributed by atoms with E-state index in [9.17, 15) is 0 Å². The van der Waals surface area contributed by atoms with Gasteiger partial charge in [-0.05, 0) is 0 Å². The van der Waals surface area contributed by atoms with E-state index >= 15 is 0 Å². The van der Waals surface area contributed by atoms with Crippen molar-refractivity contribution in [2.24, 2.45) is 0 Å². The molecule has 0 rings (SSSR count). The molecular formula is C3H4O. The van der Waals surface area contributed by atoms with Crippen LogP contribution < -0.4 is 0 Å². The number of hydrogen-bond donors (Lipinski definition) is 0. The Kier molecular flexibility index (Phi) is 1.98. The van der Waals surface area contributed by atoms with Gasteiger partial charge in [0.05, 0.1) is 7.11 Å². The van der Waals surface area contributed by atoms with Gasteiger partial charge in [-0.3, -0.25) is 0 Å². The van der Waals surface area contributed by atoms with Crippen molar-refractivity contribution in [1.29, 1.82) is 0 Å². The second kappa shape index (κ2) is 2.36. The van der Waals surface area contributed by atoms with Gasteiger partial charge < -0.3 is 4.74 Å². The summed E-state index contributed by atoms with van der Waals surface area (Å²) in [5.74, 6) is 0. The summed E-state index contributed by atoms with van der Waals surface area (Å²) in [6.45, 7) is 0. The molecule has 1 heteroatoms. The van der Waals surface area contributed by atoms with Gasteiger partial charge in [-0.15, -0.1) is 0 Å². The standard InChI is InChI=1S/C3H4O/c1-3-4-2/h1H,2H3. The lowest BCUT2D eigenvalue weighted by molar-refractivity contribution is 0.373. The summed E-state index contributed by atoms with van der Waals surface area (Å²) >= 11 is 0. The van der Waals surface area contributed by atoms with Gasteiger partial charge in [0.2, 0.25) is 0 Å². The Morgan fingerprint density at radius 3 is 2.25 bits per heavy atom. The lowest BCUT2D eigenvalue weighted by Gasteiger charge is -1.66. The lowest BCUT2D eigenvalue weighted by Crippen LogP contribution is -1.55. The van der Waals surface area contributed by atoms with E-state index in [1.807, 2.05) is 6.11 Å². The molecule has 0 saturated heterocycles. The molecule has 0 fully saturated rings. The first-order valence-electron chi connectivity index (χ1n) is 0.901. The van der Waals surface area contributed by atoms with Gasteiger partial charge >= 0.3 is 0 Å². The maximum atomic E-state index is 4.56. The van der Waals surface area contributed by atoms with E-state index in [0.717, 1.165) is 0 Å². The Morgan fingerprint density at radius 1 is 2.00 bits per heavy atom. The van der Waals surface area contributed by atoms with E-state index in [4.69, 9.17) is 0 Å². The zero-order valence-corrected chi connectivity index (χ0v) is 2.49. The van der Waals surface area contributed by atoms with Crippen LogP contribution in [0.5, 0.6) is 0 Å². The maximum absolute atomic E-state index is 4.56. The van der Waals surface area contributed by atoms with Gasteiger partial charge in [-0.1, -0.05) is 6.42 Å². The molecule has 4 heavy (non-hydrogen) atoms. The molecule has 0 aliphatic rings. The Balaban J connectivity index is 2.43. The maximum Gasteiger partial charge on any atom is 0.106 e. The van der Waals surface area contributed by atoms with Gasteiger partial charge in [-0.25, -0.2) is 0 Å². The first-order chi connectivity index (χ1) is 1.91. The average molecular weight is 56.1 g/mol. The molecule has 0 aromatic heterocycles. The van der Waals surface area contributed by atoms with E-state index in [-0.39, 0.29) is 0 Å². The van der Waals surface area contributed by atoms with Crippen LogP contribution in [0.15, 0.2) is 0 Å². The van der Waals surface area contributed by atoms with Crippen LogP contribution in [0.4, 0.5) is 0 Å². The van der Waals surface area contributed by atoms with Crippen LogP contribution in [0.2, 0.25) is 0 Å². The highest BCUT2D eigenvalue weighted by Crippen LogP contribution is 1.41. The van der Waals surface area contributed by atoms with Gasteiger partial charge in [0.1, 0.15) is 6.11 Å². The van der Waals surface area contributed by atoms with Crippen molar-refractivity contribution < 1.29 is 4.74 Å². The van der Waals surface area contributed by atoms with Crippen LogP contribution in [-0.2, 0) is 4.74 Å². The van der Waals surface area contributed by atoms with Crippen molar-refractivity contribution in [1.82, 2.24) is 0 Å². The second-order valence-electron chi connectivity index (χ2n) is 0.322. The van der Waals surface area contributed by atoms with Gasteiger partial charge in [0.25, 0.3) is 0 Å².